The van der Waals surface area contributed by atoms with Crippen molar-refractivity contribution in [3.63, 3.8) is 0 Å². The highest BCUT2D eigenvalue weighted by molar-refractivity contribution is 5.70. The van der Waals surface area contributed by atoms with Crippen LogP contribution in [0.15, 0.2) is 72.9 Å². The van der Waals surface area contributed by atoms with Crippen molar-refractivity contribution in [2.24, 2.45) is 0 Å². The number of esters is 2. The Labute approximate surface area is 349 Å². The molecule has 0 aliphatic rings. The molecule has 8 heteroatoms. The average Bonchev–Trinajstić information content (AvgIpc) is 3.17. The van der Waals surface area contributed by atoms with Crippen molar-refractivity contribution in [3.05, 3.63) is 72.9 Å². The van der Waals surface area contributed by atoms with Gasteiger partial charge in [0.05, 0.1) is 40.3 Å². The summed E-state index contributed by atoms with van der Waals surface area (Å²) in [7, 11) is 5.38. The fraction of sp³-hybridized carbons (Fsp3) is 0.694. The van der Waals surface area contributed by atoms with Crippen molar-refractivity contribution in [3.8, 4) is 0 Å². The van der Waals surface area contributed by atoms with Crippen molar-refractivity contribution in [1.82, 2.24) is 0 Å². The molecule has 0 radical (unpaired) electrons. The van der Waals surface area contributed by atoms with Crippen molar-refractivity contribution < 1.29 is 38.2 Å². The number of rotatable bonds is 39. The number of hydrogen-bond donors (Lipinski definition) is 0. The van der Waals surface area contributed by atoms with E-state index in [1.165, 1.54) is 51.4 Å². The number of hydrogen-bond acceptors (Lipinski definition) is 7. The van der Waals surface area contributed by atoms with E-state index >= 15 is 0 Å². The molecule has 0 aliphatic heterocycles. The van der Waals surface area contributed by atoms with Crippen LogP contribution in [0, 0.1) is 0 Å². The largest absolute Gasteiger partial charge is 0.544 e. The Bertz CT molecular complexity index is 1160. The highest BCUT2D eigenvalue weighted by Gasteiger charge is 2.25. The number of carbonyl (C=O) groups excluding carboxylic acids is 3. The van der Waals surface area contributed by atoms with E-state index in [0.717, 1.165) is 77.0 Å². The second kappa shape index (κ2) is 39.6. The zero-order chi connectivity index (χ0) is 42.1. The van der Waals surface area contributed by atoms with E-state index in [2.05, 4.69) is 86.8 Å². The Kier molecular flexibility index (Phi) is 37.3. The van der Waals surface area contributed by atoms with E-state index in [9.17, 15) is 19.5 Å². The predicted octanol–water partition coefficient (Wildman–Crippen LogP) is 11.0. The number of aliphatic carboxylic acids is 1. The molecule has 0 saturated carbocycles. The number of likely N-dealkylation sites (N-methyl/N-ethyl adjacent to an activating group) is 1. The van der Waals surface area contributed by atoms with Crippen LogP contribution in [0.1, 0.15) is 168 Å². The van der Waals surface area contributed by atoms with Gasteiger partial charge < -0.3 is 28.6 Å². The number of carboxylic acid groups (broad SMARTS) is 1. The minimum Gasteiger partial charge on any atom is -0.544 e. The molecular formula is C49H83NO7. The molecular weight excluding hydrogens is 715 g/mol. The van der Waals surface area contributed by atoms with Crippen LogP contribution in [0.2, 0.25) is 0 Å². The van der Waals surface area contributed by atoms with Crippen LogP contribution in [0.3, 0.4) is 0 Å². The highest BCUT2D eigenvalue weighted by Crippen LogP contribution is 2.13. The second-order valence-corrected chi connectivity index (χ2v) is 15.9. The maximum atomic E-state index is 12.7. The van der Waals surface area contributed by atoms with Crippen LogP contribution in [0.4, 0.5) is 0 Å². The maximum Gasteiger partial charge on any atom is 0.306 e. The quantitative estimate of drug-likeness (QED) is 0.0264. The predicted molar refractivity (Wildman–Crippen MR) is 235 cm³/mol. The molecule has 326 valence electrons. The molecule has 2 atom stereocenters. The van der Waals surface area contributed by atoms with Gasteiger partial charge in [-0.1, -0.05) is 145 Å². The van der Waals surface area contributed by atoms with E-state index in [0.29, 0.717) is 12.8 Å². The van der Waals surface area contributed by atoms with Gasteiger partial charge in [0.15, 0.2) is 6.10 Å². The lowest BCUT2D eigenvalue weighted by Crippen LogP contribution is -2.55. The summed E-state index contributed by atoms with van der Waals surface area (Å²) in [5.41, 5.74) is 0. The Balaban J connectivity index is 4.45. The van der Waals surface area contributed by atoms with Gasteiger partial charge in [0.1, 0.15) is 12.6 Å². The first-order chi connectivity index (χ1) is 27.6. The molecule has 0 aliphatic carbocycles. The molecule has 0 fully saturated rings. The van der Waals surface area contributed by atoms with Crippen molar-refractivity contribution in [1.29, 1.82) is 0 Å². The summed E-state index contributed by atoms with van der Waals surface area (Å²) < 4.78 is 17.1. The minimum atomic E-state index is -1.14. The van der Waals surface area contributed by atoms with Crippen LogP contribution in [0.5, 0.6) is 0 Å². The summed E-state index contributed by atoms with van der Waals surface area (Å²) in [5.74, 6) is -1.83. The first kappa shape index (κ1) is 53.8. The highest BCUT2D eigenvalue weighted by atomic mass is 16.6. The van der Waals surface area contributed by atoms with Crippen LogP contribution in [-0.2, 0) is 28.6 Å². The third-order valence-electron chi connectivity index (χ3n) is 9.58. The van der Waals surface area contributed by atoms with Crippen LogP contribution < -0.4 is 5.11 Å². The third kappa shape index (κ3) is 38.1. The maximum absolute atomic E-state index is 12.7. The number of ether oxygens (including phenoxy) is 3. The first-order valence-electron chi connectivity index (χ1n) is 22.5. The van der Waals surface area contributed by atoms with Crippen LogP contribution >= 0.6 is 0 Å². The van der Waals surface area contributed by atoms with Crippen LogP contribution in [-0.4, -0.2) is 75.5 Å². The fourth-order valence-corrected chi connectivity index (χ4v) is 6.10. The second-order valence-electron chi connectivity index (χ2n) is 15.9. The third-order valence-corrected chi connectivity index (χ3v) is 9.58. The summed E-state index contributed by atoms with van der Waals surface area (Å²) in [6.45, 7) is 4.46. The monoisotopic (exact) mass is 798 g/mol. The smallest absolute Gasteiger partial charge is 0.306 e. The molecule has 2 unspecified atom stereocenters. The molecule has 0 amide bonds. The topological polar surface area (TPSA) is 102 Å². The zero-order valence-electron chi connectivity index (χ0n) is 37.0. The normalized spacial score (nSPS) is 13.6. The Morgan fingerprint density at radius 3 is 1.53 bits per heavy atom. The number of carboxylic acids is 1. The Morgan fingerprint density at radius 1 is 0.544 bits per heavy atom. The van der Waals surface area contributed by atoms with Gasteiger partial charge in [0, 0.05) is 19.3 Å². The Morgan fingerprint density at radius 2 is 1.00 bits per heavy atom. The summed E-state index contributed by atoms with van der Waals surface area (Å²) in [6, 6.07) is -0.738. The molecule has 0 aromatic carbocycles. The summed E-state index contributed by atoms with van der Waals surface area (Å²) in [6.07, 6.45) is 49.3. The first-order valence-corrected chi connectivity index (χ1v) is 22.5. The van der Waals surface area contributed by atoms with E-state index < -0.39 is 18.1 Å². The number of allylic oxidation sites excluding steroid dienone is 12. The van der Waals surface area contributed by atoms with Gasteiger partial charge in [0.25, 0.3) is 0 Å². The molecule has 0 rings (SSSR count). The van der Waals surface area contributed by atoms with Crippen LogP contribution in [0.25, 0.3) is 0 Å². The van der Waals surface area contributed by atoms with Gasteiger partial charge >= 0.3 is 11.9 Å². The molecule has 57 heavy (non-hydrogen) atoms. The van der Waals surface area contributed by atoms with Gasteiger partial charge in [-0.15, -0.1) is 0 Å². The Hall–Kier alpha value is -3.23. The van der Waals surface area contributed by atoms with E-state index in [1.54, 1.807) is 21.1 Å². The summed E-state index contributed by atoms with van der Waals surface area (Å²) >= 11 is 0. The molecule has 0 aromatic rings. The van der Waals surface area contributed by atoms with Gasteiger partial charge in [-0.05, 0) is 77.0 Å². The van der Waals surface area contributed by atoms with Gasteiger partial charge in [0.2, 0.25) is 0 Å². The van der Waals surface area contributed by atoms with E-state index in [-0.39, 0.29) is 49.1 Å². The van der Waals surface area contributed by atoms with Crippen molar-refractivity contribution >= 4 is 17.9 Å². The summed E-state index contributed by atoms with van der Waals surface area (Å²) in [5, 5.41) is 11.6. The minimum absolute atomic E-state index is 0.0163. The van der Waals surface area contributed by atoms with Gasteiger partial charge in [-0.25, -0.2) is 0 Å². The van der Waals surface area contributed by atoms with Gasteiger partial charge in [-0.2, -0.15) is 0 Å². The molecule has 0 aromatic heterocycles. The van der Waals surface area contributed by atoms with E-state index in [4.69, 9.17) is 14.2 Å². The SMILES string of the molecule is CC/C=C/C/C=C/C/C=C/C/C=C/C/C=C/CCCC(=O)OCC(COCCC(C(=O)[O-])[N+](C)(C)C)OC(=O)CCCCCCC/C=C/CCCCCCCCC. The summed E-state index contributed by atoms with van der Waals surface area (Å²) in [4.78, 5) is 36.8. The number of nitrogens with zero attached hydrogens (tertiary/aromatic N) is 1. The lowest BCUT2D eigenvalue weighted by molar-refractivity contribution is -0.889. The van der Waals surface area contributed by atoms with Gasteiger partial charge in [-0.3, -0.25) is 9.59 Å². The van der Waals surface area contributed by atoms with Crippen molar-refractivity contribution in [2.75, 3.05) is 41.0 Å². The number of quaternary nitrogens is 1. The van der Waals surface area contributed by atoms with E-state index in [1.807, 2.05) is 0 Å². The zero-order valence-corrected chi connectivity index (χ0v) is 37.0. The molecule has 0 spiro atoms. The average molecular weight is 798 g/mol. The lowest BCUT2D eigenvalue weighted by atomic mass is 10.1. The lowest BCUT2D eigenvalue weighted by Gasteiger charge is -2.34. The number of unbranched alkanes of at least 4 members (excludes halogenated alkanes) is 13. The molecule has 0 bridgehead atoms. The molecule has 0 N–H and O–H groups in total. The standard InChI is InChI=1S/C49H83NO7/c1-6-8-10-12-14-16-18-20-22-24-26-27-29-31-33-35-37-39-47(51)56-44-45(43-55-42-41-46(49(53)54)50(3,4)5)57-48(52)40-38-36-34-32-30-28-25-23-21-19-17-15-13-11-9-7-2/h8,10,14,16,20,22-23,25-27,31,33,45-46H,6-7,9,11-13,15,17-19,21,24,28-30,32,34-44H2,1-5H3/b10-8+,16-14+,22-20+,25-23+,27-26+,33-31+. The molecule has 0 saturated heterocycles. The number of carbonyl (C=O) groups is 3. The molecule has 8 nitrogen and oxygen atoms in total. The fourth-order valence-electron chi connectivity index (χ4n) is 6.10. The molecule has 0 heterocycles. The van der Waals surface area contributed by atoms with Crippen molar-refractivity contribution in [2.45, 2.75) is 180 Å².